The third-order valence-electron chi connectivity index (χ3n) is 5.29. The molecule has 1 aromatic carbocycles. The molecule has 1 fully saturated rings. The molecule has 1 saturated heterocycles. The average molecular weight is 328 g/mol. The second-order valence-electron chi connectivity index (χ2n) is 7.23. The van der Waals surface area contributed by atoms with E-state index in [1.54, 1.807) is 0 Å². The van der Waals surface area contributed by atoms with Crippen molar-refractivity contribution < 1.29 is 0 Å². The molecule has 0 radical (unpaired) electrons. The molecule has 0 atom stereocenters. The van der Waals surface area contributed by atoms with Crippen LogP contribution in [0.15, 0.2) is 24.3 Å². The molecule has 0 saturated carbocycles. The molecule has 3 nitrogen and oxygen atoms in total. The molecule has 2 heterocycles. The summed E-state index contributed by atoms with van der Waals surface area (Å²) in [4.78, 5) is 7.60. The fraction of sp³-hybridized carbons (Fsp3) is 0.667. The minimum Gasteiger partial charge on any atom is -0.328 e. The van der Waals surface area contributed by atoms with E-state index in [2.05, 4.69) is 40.7 Å². The number of fused-ring (bicyclic) bond motifs is 1. The zero-order valence-corrected chi connectivity index (χ0v) is 15.3. The smallest absolute Gasteiger partial charge is 0.109 e. The number of rotatable bonds is 8. The van der Waals surface area contributed by atoms with E-state index in [4.69, 9.17) is 4.98 Å². The van der Waals surface area contributed by atoms with Crippen LogP contribution in [-0.2, 0) is 13.0 Å². The molecule has 0 amide bonds. The second-order valence-corrected chi connectivity index (χ2v) is 7.23. The summed E-state index contributed by atoms with van der Waals surface area (Å²) in [6, 6.07) is 8.63. The van der Waals surface area contributed by atoms with E-state index in [1.807, 2.05) is 0 Å². The van der Waals surface area contributed by atoms with E-state index in [-0.39, 0.29) is 0 Å². The summed E-state index contributed by atoms with van der Waals surface area (Å²) < 4.78 is 2.48. The molecule has 0 bridgehead atoms. The van der Waals surface area contributed by atoms with Crippen molar-refractivity contribution in [2.45, 2.75) is 71.3 Å². The molecule has 3 heteroatoms. The van der Waals surface area contributed by atoms with Gasteiger partial charge in [-0.15, -0.1) is 0 Å². The van der Waals surface area contributed by atoms with E-state index in [0.29, 0.717) is 0 Å². The van der Waals surface area contributed by atoms with Crippen LogP contribution in [0.2, 0.25) is 0 Å². The van der Waals surface area contributed by atoms with E-state index in [9.17, 15) is 0 Å². The third-order valence-corrected chi connectivity index (χ3v) is 5.29. The molecule has 0 unspecified atom stereocenters. The summed E-state index contributed by atoms with van der Waals surface area (Å²) >= 11 is 0. The Kier molecular flexibility index (Phi) is 6.71. The van der Waals surface area contributed by atoms with Gasteiger partial charge in [-0.3, -0.25) is 0 Å². The van der Waals surface area contributed by atoms with Crippen molar-refractivity contribution in [3.05, 3.63) is 30.1 Å². The second kappa shape index (κ2) is 9.22. The number of hydrogen-bond acceptors (Lipinski definition) is 2. The molecule has 0 spiro atoms. The van der Waals surface area contributed by atoms with Gasteiger partial charge in [0.05, 0.1) is 11.0 Å². The van der Waals surface area contributed by atoms with Crippen molar-refractivity contribution in [3.8, 4) is 0 Å². The SMILES string of the molecule is CCCCCn1c(CCCN2CCCCCC2)nc2ccccc21. The highest BCUT2D eigenvalue weighted by Crippen LogP contribution is 2.19. The van der Waals surface area contributed by atoms with Crippen molar-refractivity contribution in [3.63, 3.8) is 0 Å². The Hall–Kier alpha value is -1.35. The Bertz CT molecular complexity index is 609. The van der Waals surface area contributed by atoms with Gasteiger partial charge < -0.3 is 9.47 Å². The van der Waals surface area contributed by atoms with Gasteiger partial charge in [-0.2, -0.15) is 0 Å². The Labute approximate surface area is 147 Å². The number of para-hydroxylation sites is 2. The molecule has 3 rings (SSSR count). The Balaban J connectivity index is 1.62. The highest BCUT2D eigenvalue weighted by atomic mass is 15.1. The number of benzene rings is 1. The summed E-state index contributed by atoms with van der Waals surface area (Å²) in [6.07, 6.45) is 11.8. The van der Waals surface area contributed by atoms with Crippen LogP contribution >= 0.6 is 0 Å². The number of hydrogen-bond donors (Lipinski definition) is 0. The number of aryl methyl sites for hydroxylation is 2. The predicted octanol–water partition coefficient (Wildman–Crippen LogP) is 5.04. The first-order chi connectivity index (χ1) is 11.9. The van der Waals surface area contributed by atoms with Gasteiger partial charge in [0.2, 0.25) is 0 Å². The van der Waals surface area contributed by atoms with Crippen LogP contribution in [0.3, 0.4) is 0 Å². The molecule has 132 valence electrons. The lowest BCUT2D eigenvalue weighted by Crippen LogP contribution is -2.26. The number of imidazole rings is 1. The number of aromatic nitrogens is 2. The Morgan fingerprint density at radius 1 is 0.917 bits per heavy atom. The van der Waals surface area contributed by atoms with Crippen LogP contribution in [-0.4, -0.2) is 34.1 Å². The highest BCUT2D eigenvalue weighted by Gasteiger charge is 2.12. The predicted molar refractivity (Wildman–Crippen MR) is 102 cm³/mol. The van der Waals surface area contributed by atoms with Crippen molar-refractivity contribution in [2.75, 3.05) is 19.6 Å². The van der Waals surface area contributed by atoms with Crippen molar-refractivity contribution in [1.82, 2.24) is 14.5 Å². The van der Waals surface area contributed by atoms with Crippen molar-refractivity contribution in [2.24, 2.45) is 0 Å². The standard InChI is InChI=1S/C21H33N3/c1-2-3-8-18-24-20-13-7-6-12-19(20)22-21(24)14-11-17-23-15-9-4-5-10-16-23/h6-7,12-13H,2-5,8-11,14-18H2,1H3. The first-order valence-corrected chi connectivity index (χ1v) is 10.0. The van der Waals surface area contributed by atoms with Gasteiger partial charge in [0.15, 0.2) is 0 Å². The van der Waals surface area contributed by atoms with Crippen LogP contribution in [0.1, 0.15) is 64.1 Å². The molecular formula is C21H33N3. The summed E-state index contributed by atoms with van der Waals surface area (Å²) in [5, 5.41) is 0. The van der Waals surface area contributed by atoms with Crippen LogP contribution in [0.5, 0.6) is 0 Å². The highest BCUT2D eigenvalue weighted by molar-refractivity contribution is 5.75. The average Bonchev–Trinajstić information content (AvgIpc) is 2.77. The normalized spacial score (nSPS) is 16.5. The van der Waals surface area contributed by atoms with Crippen molar-refractivity contribution >= 4 is 11.0 Å². The topological polar surface area (TPSA) is 21.1 Å². The van der Waals surface area contributed by atoms with Gasteiger partial charge in [-0.05, 0) is 57.5 Å². The molecule has 0 N–H and O–H groups in total. The van der Waals surface area contributed by atoms with E-state index < -0.39 is 0 Å². The van der Waals surface area contributed by atoms with E-state index in [0.717, 1.165) is 13.0 Å². The fourth-order valence-electron chi connectivity index (χ4n) is 3.91. The maximum Gasteiger partial charge on any atom is 0.109 e. The largest absolute Gasteiger partial charge is 0.328 e. The molecule has 0 aliphatic carbocycles. The molecule has 1 aromatic heterocycles. The minimum absolute atomic E-state index is 1.11. The fourth-order valence-corrected chi connectivity index (χ4v) is 3.91. The summed E-state index contributed by atoms with van der Waals surface area (Å²) in [7, 11) is 0. The van der Waals surface area contributed by atoms with Crippen LogP contribution < -0.4 is 0 Å². The van der Waals surface area contributed by atoms with Gasteiger partial charge in [0.25, 0.3) is 0 Å². The lowest BCUT2D eigenvalue weighted by Gasteiger charge is -2.19. The molecule has 24 heavy (non-hydrogen) atoms. The first kappa shape index (κ1) is 17.5. The van der Waals surface area contributed by atoms with Crippen LogP contribution in [0.4, 0.5) is 0 Å². The van der Waals surface area contributed by atoms with E-state index in [1.165, 1.54) is 87.9 Å². The number of unbranched alkanes of at least 4 members (excludes halogenated alkanes) is 2. The third kappa shape index (κ3) is 4.60. The lowest BCUT2D eigenvalue weighted by atomic mass is 10.2. The Morgan fingerprint density at radius 3 is 2.50 bits per heavy atom. The van der Waals surface area contributed by atoms with Gasteiger partial charge >= 0.3 is 0 Å². The quantitative estimate of drug-likeness (QED) is 0.634. The summed E-state index contributed by atoms with van der Waals surface area (Å²) in [6.45, 7) is 7.22. The zero-order chi connectivity index (χ0) is 16.6. The summed E-state index contributed by atoms with van der Waals surface area (Å²) in [5.41, 5.74) is 2.48. The molecule has 1 aliphatic rings. The minimum atomic E-state index is 1.11. The Morgan fingerprint density at radius 2 is 1.71 bits per heavy atom. The summed E-state index contributed by atoms with van der Waals surface area (Å²) in [5.74, 6) is 1.29. The van der Waals surface area contributed by atoms with Gasteiger partial charge in [-0.1, -0.05) is 44.7 Å². The first-order valence-electron chi connectivity index (χ1n) is 10.0. The van der Waals surface area contributed by atoms with Gasteiger partial charge in [0.1, 0.15) is 5.82 Å². The zero-order valence-electron chi connectivity index (χ0n) is 15.3. The maximum absolute atomic E-state index is 4.94. The molecule has 2 aromatic rings. The maximum atomic E-state index is 4.94. The van der Waals surface area contributed by atoms with Crippen molar-refractivity contribution in [1.29, 1.82) is 0 Å². The number of nitrogens with zero attached hydrogens (tertiary/aromatic N) is 3. The molecular weight excluding hydrogens is 294 g/mol. The monoisotopic (exact) mass is 327 g/mol. The lowest BCUT2D eigenvalue weighted by molar-refractivity contribution is 0.280. The van der Waals surface area contributed by atoms with Gasteiger partial charge in [-0.25, -0.2) is 4.98 Å². The van der Waals surface area contributed by atoms with Crippen LogP contribution in [0.25, 0.3) is 11.0 Å². The number of likely N-dealkylation sites (tertiary alicyclic amines) is 1. The van der Waals surface area contributed by atoms with Gasteiger partial charge in [0, 0.05) is 13.0 Å². The van der Waals surface area contributed by atoms with E-state index >= 15 is 0 Å². The molecule has 1 aliphatic heterocycles. The van der Waals surface area contributed by atoms with Crippen LogP contribution in [0, 0.1) is 0 Å².